The third kappa shape index (κ3) is 7.58. The number of nitrogens with zero attached hydrogens (tertiary/aromatic N) is 4. The number of aromatic nitrogens is 1. The van der Waals surface area contributed by atoms with Gasteiger partial charge in [-0.2, -0.15) is 0 Å². The Morgan fingerprint density at radius 2 is 1.88 bits per heavy atom. The normalized spacial score (nSPS) is 19.9. The minimum absolute atomic E-state index is 0.0743. The maximum Gasteiger partial charge on any atom is 0.308 e. The maximum atomic E-state index is 13.8. The van der Waals surface area contributed by atoms with Crippen molar-refractivity contribution < 1.29 is 28.9 Å². The van der Waals surface area contributed by atoms with Crippen LogP contribution in [-0.4, -0.2) is 103 Å². The highest BCUT2D eigenvalue weighted by Crippen LogP contribution is 2.47. The van der Waals surface area contributed by atoms with E-state index in [0.717, 1.165) is 63.0 Å². The average Bonchev–Trinajstić information content (AvgIpc) is 3.69. The number of aliphatic carboxylic acids is 1. The summed E-state index contributed by atoms with van der Waals surface area (Å²) in [6.07, 6.45) is 7.31. The molecule has 0 aliphatic carbocycles. The van der Waals surface area contributed by atoms with E-state index < -0.39 is 11.9 Å². The maximum absolute atomic E-state index is 13.8. The Labute approximate surface area is 250 Å². The minimum atomic E-state index is -0.852. The molecule has 1 N–H and O–H groups in total. The van der Waals surface area contributed by atoms with Crippen LogP contribution in [-0.2, 0) is 23.1 Å². The summed E-state index contributed by atoms with van der Waals surface area (Å²) in [6.45, 7) is 5.34. The Balaban J connectivity index is 1.59. The molecule has 10 nitrogen and oxygen atoms in total. The van der Waals surface area contributed by atoms with Crippen LogP contribution in [0.1, 0.15) is 56.2 Å². The van der Waals surface area contributed by atoms with Gasteiger partial charge in [0.25, 0.3) is 0 Å². The summed E-state index contributed by atoms with van der Waals surface area (Å²) in [6, 6.07) is 7.52. The highest BCUT2D eigenvalue weighted by atomic mass is 16.7. The van der Waals surface area contributed by atoms with Crippen molar-refractivity contribution in [3.8, 4) is 17.2 Å². The van der Waals surface area contributed by atoms with Gasteiger partial charge in [-0.25, -0.2) is 0 Å². The predicted molar refractivity (Wildman–Crippen MR) is 161 cm³/mol. The molecule has 0 radical (unpaired) electrons. The van der Waals surface area contributed by atoms with Crippen LogP contribution in [0.4, 0.5) is 0 Å². The highest BCUT2D eigenvalue weighted by Gasteiger charge is 2.47. The fraction of sp³-hybridized carbons (Fsp3) is 0.625. The van der Waals surface area contributed by atoms with Gasteiger partial charge in [-0.1, -0.05) is 13.3 Å². The largest absolute Gasteiger partial charge is 0.493 e. The van der Waals surface area contributed by atoms with Crippen molar-refractivity contribution in [1.82, 2.24) is 19.3 Å². The third-order valence-corrected chi connectivity index (χ3v) is 8.65. The summed E-state index contributed by atoms with van der Waals surface area (Å²) < 4.78 is 18.9. The lowest BCUT2D eigenvalue weighted by molar-refractivity contribution is -0.143. The number of carboxylic acids is 1. The SMILES string of the molecule is CCCCN(CCCCN(C)C)C(=O)CN1CC(c2cc(OC)c3c(c2)OCO3)C(C(=O)O)C1CCc1cccn1C. The van der Waals surface area contributed by atoms with Crippen molar-refractivity contribution in [2.75, 3.05) is 60.7 Å². The van der Waals surface area contributed by atoms with E-state index in [4.69, 9.17) is 14.2 Å². The number of carboxylic acid groups (broad SMARTS) is 1. The van der Waals surface area contributed by atoms with Crippen molar-refractivity contribution in [3.05, 3.63) is 41.7 Å². The van der Waals surface area contributed by atoms with E-state index in [0.29, 0.717) is 30.2 Å². The summed E-state index contributed by atoms with van der Waals surface area (Å²) in [7, 11) is 7.70. The van der Waals surface area contributed by atoms with E-state index in [2.05, 4.69) is 41.5 Å². The van der Waals surface area contributed by atoms with Crippen LogP contribution in [0, 0.1) is 5.92 Å². The Hall–Kier alpha value is -3.24. The number of amides is 1. The Morgan fingerprint density at radius 3 is 2.55 bits per heavy atom. The Bertz CT molecular complexity index is 1200. The number of carbonyl (C=O) groups is 2. The molecule has 232 valence electrons. The molecular formula is C32H48N4O6. The number of unbranched alkanes of at least 4 members (excludes halogenated alkanes) is 2. The molecule has 42 heavy (non-hydrogen) atoms. The lowest BCUT2D eigenvalue weighted by atomic mass is 9.83. The van der Waals surface area contributed by atoms with Gasteiger partial charge in [-0.15, -0.1) is 0 Å². The van der Waals surface area contributed by atoms with Crippen LogP contribution in [0.25, 0.3) is 0 Å². The molecule has 1 aromatic carbocycles. The fourth-order valence-corrected chi connectivity index (χ4v) is 6.32. The molecule has 0 spiro atoms. The predicted octanol–water partition coefficient (Wildman–Crippen LogP) is 3.83. The molecule has 3 heterocycles. The van der Waals surface area contributed by atoms with E-state index in [9.17, 15) is 14.7 Å². The van der Waals surface area contributed by atoms with Gasteiger partial charge < -0.3 is 33.7 Å². The second-order valence-electron chi connectivity index (χ2n) is 11.8. The number of ether oxygens (including phenoxy) is 3. The molecule has 0 saturated carbocycles. The van der Waals surface area contributed by atoms with E-state index in [1.807, 2.05) is 36.3 Å². The lowest BCUT2D eigenvalue weighted by Crippen LogP contribution is -2.45. The average molecular weight is 585 g/mol. The van der Waals surface area contributed by atoms with E-state index in [-0.39, 0.29) is 31.2 Å². The van der Waals surface area contributed by atoms with Crippen LogP contribution in [0.2, 0.25) is 0 Å². The summed E-state index contributed by atoms with van der Waals surface area (Å²) in [4.78, 5) is 33.0. The summed E-state index contributed by atoms with van der Waals surface area (Å²) in [5.41, 5.74) is 1.97. The van der Waals surface area contributed by atoms with Crippen LogP contribution < -0.4 is 14.2 Å². The van der Waals surface area contributed by atoms with Gasteiger partial charge in [0.15, 0.2) is 11.5 Å². The van der Waals surface area contributed by atoms with Gasteiger partial charge in [0.2, 0.25) is 18.4 Å². The zero-order valence-corrected chi connectivity index (χ0v) is 25.9. The molecule has 3 atom stereocenters. The van der Waals surface area contributed by atoms with E-state index >= 15 is 0 Å². The molecular weight excluding hydrogens is 536 g/mol. The summed E-state index contributed by atoms with van der Waals surface area (Å²) >= 11 is 0. The van der Waals surface area contributed by atoms with Crippen LogP contribution >= 0.6 is 0 Å². The van der Waals surface area contributed by atoms with Crippen LogP contribution in [0.3, 0.4) is 0 Å². The zero-order valence-electron chi connectivity index (χ0n) is 25.9. The molecule has 2 aliphatic heterocycles. The highest BCUT2D eigenvalue weighted by molar-refractivity contribution is 5.79. The molecule has 3 unspecified atom stereocenters. The number of benzene rings is 1. The second kappa shape index (κ2) is 14.8. The first-order valence-electron chi connectivity index (χ1n) is 15.2. The van der Waals surface area contributed by atoms with E-state index in [1.54, 1.807) is 7.11 Å². The molecule has 2 aliphatic rings. The minimum Gasteiger partial charge on any atom is -0.493 e. The van der Waals surface area contributed by atoms with Gasteiger partial charge in [-0.05, 0) is 82.6 Å². The van der Waals surface area contributed by atoms with E-state index in [1.165, 1.54) is 0 Å². The second-order valence-corrected chi connectivity index (χ2v) is 11.8. The Morgan fingerprint density at radius 1 is 1.12 bits per heavy atom. The Kier molecular flexibility index (Phi) is 11.2. The summed E-state index contributed by atoms with van der Waals surface area (Å²) in [5, 5.41) is 10.6. The molecule has 1 saturated heterocycles. The number of carbonyl (C=O) groups excluding carboxylic acids is 1. The first-order chi connectivity index (χ1) is 20.2. The topological polar surface area (TPSA) is 96.7 Å². The number of fused-ring (bicyclic) bond motifs is 1. The van der Waals surface area contributed by atoms with Crippen molar-refractivity contribution in [2.24, 2.45) is 13.0 Å². The number of aryl methyl sites for hydroxylation is 2. The summed E-state index contributed by atoms with van der Waals surface area (Å²) in [5.74, 6) is -0.164. The lowest BCUT2D eigenvalue weighted by Gasteiger charge is -2.30. The number of rotatable bonds is 16. The standard InChI is InChI=1S/C32H48N4O6/c1-6-7-16-35(17-9-8-14-33(2)3)29(37)21-36-20-25(23-18-27(40-5)31-28(19-23)41-22-42-31)30(32(38)39)26(36)13-12-24-11-10-15-34(24)4/h10-11,15,18-19,25-26,30H,6-9,12-14,16-17,20-22H2,1-5H3,(H,38,39). The first kappa shape index (κ1) is 31.7. The van der Waals surface area contributed by atoms with Crippen molar-refractivity contribution in [3.63, 3.8) is 0 Å². The molecule has 10 heteroatoms. The third-order valence-electron chi connectivity index (χ3n) is 8.65. The smallest absolute Gasteiger partial charge is 0.308 e. The van der Waals surface area contributed by atoms with Gasteiger partial charge in [0, 0.05) is 50.5 Å². The molecule has 4 rings (SSSR count). The van der Waals surface area contributed by atoms with Gasteiger partial charge in [0.1, 0.15) is 0 Å². The first-order valence-corrected chi connectivity index (χ1v) is 15.2. The molecule has 1 amide bonds. The quantitative estimate of drug-likeness (QED) is 0.298. The van der Waals surface area contributed by atoms with Crippen molar-refractivity contribution >= 4 is 11.9 Å². The molecule has 2 aromatic rings. The number of hydrogen-bond acceptors (Lipinski definition) is 7. The number of likely N-dealkylation sites (tertiary alicyclic amines) is 1. The van der Waals surface area contributed by atoms with Crippen LogP contribution in [0.5, 0.6) is 17.2 Å². The van der Waals surface area contributed by atoms with Gasteiger partial charge in [0.05, 0.1) is 19.6 Å². The molecule has 1 aromatic heterocycles. The number of methoxy groups -OCH3 is 1. The molecule has 0 bridgehead atoms. The molecule has 1 fully saturated rings. The fourth-order valence-electron chi connectivity index (χ4n) is 6.32. The number of hydrogen-bond donors (Lipinski definition) is 1. The van der Waals surface area contributed by atoms with Crippen molar-refractivity contribution in [1.29, 1.82) is 0 Å². The monoisotopic (exact) mass is 584 g/mol. The van der Waals surface area contributed by atoms with Gasteiger partial charge >= 0.3 is 5.97 Å². The zero-order chi connectivity index (χ0) is 30.2. The van der Waals surface area contributed by atoms with Crippen LogP contribution in [0.15, 0.2) is 30.5 Å². The van der Waals surface area contributed by atoms with Gasteiger partial charge in [-0.3, -0.25) is 14.5 Å². The van der Waals surface area contributed by atoms with Crippen molar-refractivity contribution in [2.45, 2.75) is 57.4 Å².